The molecule has 2 rings (SSSR count). The van der Waals surface area contributed by atoms with E-state index in [1.165, 1.54) is 14.0 Å². The maximum absolute atomic E-state index is 12.3. The highest BCUT2D eigenvalue weighted by Crippen LogP contribution is 2.33. The molecule has 7 nitrogen and oxygen atoms in total. The van der Waals surface area contributed by atoms with Crippen LogP contribution in [0.4, 0.5) is 13.2 Å². The number of carbonyl (C=O) groups is 1. The molecule has 0 saturated heterocycles. The first kappa shape index (κ1) is 13.4. The molecule has 0 aromatic carbocycles. The van der Waals surface area contributed by atoms with Gasteiger partial charge < -0.3 is 4.84 Å². The van der Waals surface area contributed by atoms with Gasteiger partial charge in [0.25, 0.3) is 5.91 Å². The lowest BCUT2D eigenvalue weighted by atomic mass is 10.3. The number of carbonyl (C=O) groups excluding carboxylic acids is 1. The predicted molar refractivity (Wildman–Crippen MR) is 58.9 cm³/mol. The zero-order chi connectivity index (χ0) is 14.2. The Kier molecular flexibility index (Phi) is 3.22. The van der Waals surface area contributed by atoms with Gasteiger partial charge in [-0.2, -0.15) is 18.3 Å². The summed E-state index contributed by atoms with van der Waals surface area (Å²) in [7, 11) is 1.42. The van der Waals surface area contributed by atoms with E-state index in [0.717, 1.165) is 5.01 Å². The Morgan fingerprint density at radius 1 is 1.37 bits per heavy atom. The molecule has 102 valence electrons. The van der Waals surface area contributed by atoms with Gasteiger partial charge in [0, 0.05) is 7.05 Å². The topological polar surface area (TPSA) is 80.0 Å². The lowest BCUT2D eigenvalue weighted by Gasteiger charge is -2.00. The number of nitrogens with zero attached hydrogens (tertiary/aromatic N) is 5. The largest absolute Gasteiger partial charge is 0.445 e. The SMILES string of the molecule is CC1=NN(C)C(=O)C1=NOc1nnc(C(F)(F)F)s1. The van der Waals surface area contributed by atoms with Crippen LogP contribution in [0.5, 0.6) is 5.19 Å². The fourth-order valence-corrected chi connectivity index (χ4v) is 1.70. The Hall–Kier alpha value is -2.04. The van der Waals surface area contributed by atoms with Crippen LogP contribution in [-0.4, -0.2) is 39.6 Å². The molecule has 19 heavy (non-hydrogen) atoms. The van der Waals surface area contributed by atoms with Crippen LogP contribution in [0.1, 0.15) is 11.9 Å². The molecule has 1 aliphatic rings. The second-order valence-electron chi connectivity index (χ2n) is 3.42. The van der Waals surface area contributed by atoms with Gasteiger partial charge >= 0.3 is 11.4 Å². The molecule has 0 saturated carbocycles. The highest BCUT2D eigenvalue weighted by Gasteiger charge is 2.36. The molecular weight excluding hydrogens is 287 g/mol. The third-order valence-electron chi connectivity index (χ3n) is 2.00. The Labute approximate surface area is 108 Å². The third-order valence-corrected chi connectivity index (χ3v) is 2.84. The molecule has 0 spiro atoms. The molecule has 1 aromatic heterocycles. The van der Waals surface area contributed by atoms with Gasteiger partial charge in [0.15, 0.2) is 5.71 Å². The molecule has 0 N–H and O–H groups in total. The monoisotopic (exact) mass is 293 g/mol. The van der Waals surface area contributed by atoms with Crippen molar-refractivity contribution in [2.24, 2.45) is 10.3 Å². The Bertz CT molecular complexity index is 579. The summed E-state index contributed by atoms with van der Waals surface area (Å²) in [5, 5.41) is 12.8. The van der Waals surface area contributed by atoms with E-state index in [1.54, 1.807) is 0 Å². The lowest BCUT2D eigenvalue weighted by molar-refractivity contribution is -0.138. The van der Waals surface area contributed by atoms with E-state index in [-0.39, 0.29) is 17.0 Å². The van der Waals surface area contributed by atoms with Crippen molar-refractivity contribution in [1.29, 1.82) is 0 Å². The fourth-order valence-electron chi connectivity index (χ4n) is 1.18. The minimum absolute atomic E-state index is 0.0914. The summed E-state index contributed by atoms with van der Waals surface area (Å²) in [5.74, 6) is -0.516. The molecule has 0 fully saturated rings. The molecule has 11 heteroatoms. The highest BCUT2D eigenvalue weighted by atomic mass is 32.1. The molecule has 0 radical (unpaired) electrons. The predicted octanol–water partition coefficient (Wildman–Crippen LogP) is 1.14. The van der Waals surface area contributed by atoms with Gasteiger partial charge in [-0.15, -0.1) is 5.10 Å². The second-order valence-corrected chi connectivity index (χ2v) is 4.36. The van der Waals surface area contributed by atoms with E-state index < -0.39 is 22.3 Å². The zero-order valence-corrected chi connectivity index (χ0v) is 10.4. The number of halogens is 3. The lowest BCUT2D eigenvalue weighted by Crippen LogP contribution is -2.24. The molecule has 0 aliphatic carbocycles. The molecular formula is C8H6F3N5O2S. The van der Waals surface area contributed by atoms with E-state index in [2.05, 4.69) is 25.3 Å². The smallest absolute Gasteiger partial charge is 0.322 e. The van der Waals surface area contributed by atoms with Gasteiger partial charge in [0.2, 0.25) is 5.01 Å². The fraction of sp³-hybridized carbons (Fsp3) is 0.375. The van der Waals surface area contributed by atoms with E-state index in [1.807, 2.05) is 0 Å². The summed E-state index contributed by atoms with van der Waals surface area (Å²) in [5.41, 5.74) is 0.208. The standard InChI is InChI=1S/C8H6F3N5O2S/c1-3-4(5(17)16(2)14-3)15-18-7-13-12-6(19-7)8(9,10)11/h1-2H3. The van der Waals surface area contributed by atoms with E-state index >= 15 is 0 Å². The zero-order valence-electron chi connectivity index (χ0n) is 9.59. The minimum Gasteiger partial charge on any atom is -0.322 e. The Morgan fingerprint density at radius 2 is 2.05 bits per heavy atom. The van der Waals surface area contributed by atoms with E-state index in [9.17, 15) is 18.0 Å². The molecule has 1 amide bonds. The van der Waals surface area contributed by atoms with Crippen molar-refractivity contribution < 1.29 is 22.8 Å². The highest BCUT2D eigenvalue weighted by molar-refractivity contribution is 7.13. The normalized spacial score (nSPS) is 18.2. The molecule has 2 heterocycles. The van der Waals surface area contributed by atoms with Crippen molar-refractivity contribution >= 4 is 28.7 Å². The van der Waals surface area contributed by atoms with Crippen molar-refractivity contribution in [2.45, 2.75) is 13.1 Å². The van der Waals surface area contributed by atoms with Crippen LogP contribution in [0.2, 0.25) is 0 Å². The van der Waals surface area contributed by atoms with Crippen LogP contribution in [0.15, 0.2) is 10.3 Å². The van der Waals surface area contributed by atoms with Crippen LogP contribution in [0.25, 0.3) is 0 Å². The third kappa shape index (κ3) is 2.70. The average molecular weight is 293 g/mol. The first-order valence-corrected chi connectivity index (χ1v) is 5.60. The van der Waals surface area contributed by atoms with Gasteiger partial charge in [-0.05, 0) is 18.3 Å². The summed E-state index contributed by atoms with van der Waals surface area (Å²) in [6.07, 6.45) is -4.59. The quantitative estimate of drug-likeness (QED) is 0.766. The van der Waals surface area contributed by atoms with E-state index in [0.29, 0.717) is 5.71 Å². The summed E-state index contributed by atoms with van der Waals surface area (Å²) < 4.78 is 36.8. The number of oxime groups is 1. The van der Waals surface area contributed by atoms with Gasteiger partial charge in [-0.25, -0.2) is 5.01 Å². The number of hydrogen-bond acceptors (Lipinski definition) is 7. The maximum Gasteiger partial charge on any atom is 0.445 e. The summed E-state index contributed by atoms with van der Waals surface area (Å²) >= 11 is 0.185. The van der Waals surface area contributed by atoms with Gasteiger partial charge in [-0.1, -0.05) is 10.3 Å². The number of amides is 1. The second kappa shape index (κ2) is 4.57. The summed E-state index contributed by atoms with van der Waals surface area (Å²) in [6, 6.07) is 0. The minimum atomic E-state index is -4.59. The first-order chi connectivity index (χ1) is 8.79. The molecule has 0 unspecified atom stereocenters. The van der Waals surface area contributed by atoms with Crippen LogP contribution in [0.3, 0.4) is 0 Å². The number of aromatic nitrogens is 2. The number of alkyl halides is 3. The first-order valence-electron chi connectivity index (χ1n) is 4.78. The van der Waals surface area contributed by atoms with Crippen LogP contribution in [-0.2, 0) is 11.0 Å². The molecule has 1 aromatic rings. The number of hydrogen-bond donors (Lipinski definition) is 0. The van der Waals surface area contributed by atoms with Crippen molar-refractivity contribution in [3.05, 3.63) is 5.01 Å². The van der Waals surface area contributed by atoms with Crippen LogP contribution < -0.4 is 4.84 Å². The Morgan fingerprint density at radius 3 is 2.53 bits per heavy atom. The van der Waals surface area contributed by atoms with Gasteiger partial charge in [-0.3, -0.25) is 4.79 Å². The van der Waals surface area contributed by atoms with Crippen molar-refractivity contribution in [3.63, 3.8) is 0 Å². The maximum atomic E-state index is 12.3. The Balaban J connectivity index is 2.13. The van der Waals surface area contributed by atoms with Crippen molar-refractivity contribution in [2.75, 3.05) is 7.05 Å². The van der Waals surface area contributed by atoms with Crippen molar-refractivity contribution in [3.8, 4) is 5.19 Å². The van der Waals surface area contributed by atoms with Crippen molar-refractivity contribution in [1.82, 2.24) is 15.2 Å². The molecule has 1 aliphatic heterocycles. The average Bonchev–Trinajstić information content (AvgIpc) is 2.84. The van der Waals surface area contributed by atoms with Gasteiger partial charge in [0.1, 0.15) is 0 Å². The molecule has 0 bridgehead atoms. The number of hydrazone groups is 1. The summed E-state index contributed by atoms with van der Waals surface area (Å²) in [6.45, 7) is 1.52. The van der Waals surface area contributed by atoms with E-state index in [4.69, 9.17) is 0 Å². The summed E-state index contributed by atoms with van der Waals surface area (Å²) in [4.78, 5) is 16.1. The van der Waals surface area contributed by atoms with Gasteiger partial charge in [0.05, 0.1) is 5.71 Å². The van der Waals surface area contributed by atoms with Crippen LogP contribution in [0, 0.1) is 0 Å². The number of rotatable bonds is 2. The molecule has 0 atom stereocenters. The van der Waals surface area contributed by atoms with Crippen LogP contribution >= 0.6 is 11.3 Å².